The van der Waals surface area contributed by atoms with E-state index in [2.05, 4.69) is 6.07 Å². The Labute approximate surface area is 184 Å². The Balaban J connectivity index is 1.64. The summed E-state index contributed by atoms with van der Waals surface area (Å²) in [6.07, 6.45) is 0.768. The first kappa shape index (κ1) is 19.5. The molecule has 4 nitrogen and oxygen atoms in total. The number of fused-ring (bicyclic) bond motifs is 1. The molecule has 0 N–H and O–H groups in total. The van der Waals surface area contributed by atoms with Crippen LogP contribution >= 0.6 is 11.6 Å². The zero-order valence-electron chi connectivity index (χ0n) is 16.5. The number of carbonyl (C=O) groups excluding carboxylic acids is 2. The predicted octanol–water partition coefficient (Wildman–Crippen LogP) is 4.82. The van der Waals surface area contributed by atoms with E-state index < -0.39 is 17.6 Å². The Morgan fingerprint density at radius 3 is 2.23 bits per heavy atom. The largest absolute Gasteiger partial charge is 0.362 e. The second-order valence-electron chi connectivity index (χ2n) is 7.57. The number of imide groups is 1. The number of nitrogens with zero attached hydrogens (tertiary/aromatic N) is 2. The Bertz CT molecular complexity index is 1240. The van der Waals surface area contributed by atoms with Crippen molar-refractivity contribution in [3.05, 3.63) is 106 Å². The minimum atomic E-state index is -0.460. The number of amides is 2. The third-order valence-corrected chi connectivity index (χ3v) is 6.05. The summed E-state index contributed by atoms with van der Waals surface area (Å²) in [4.78, 5) is 30.2. The summed E-state index contributed by atoms with van der Waals surface area (Å²) in [6, 6.07) is 20.5. The molecular formula is C25H18ClFN2O2. The van der Waals surface area contributed by atoms with Gasteiger partial charge in [-0.1, -0.05) is 60.1 Å². The molecule has 3 aromatic carbocycles. The summed E-state index contributed by atoms with van der Waals surface area (Å²) < 4.78 is 13.6. The summed E-state index contributed by atoms with van der Waals surface area (Å²) in [5.74, 6) is -1.28. The first-order valence-electron chi connectivity index (χ1n) is 10.00. The minimum Gasteiger partial charge on any atom is -0.362 e. The van der Waals surface area contributed by atoms with Gasteiger partial charge in [-0.2, -0.15) is 0 Å². The van der Waals surface area contributed by atoms with Gasteiger partial charge in [-0.15, -0.1) is 0 Å². The standard InChI is InChI=1S/C25H18ClFN2O2/c26-20-7-3-4-8-21(20)29-24(30)22(17-9-11-19(27)12-10-17)23(25(29)31)28-14-13-16-5-1-2-6-18(16)15-28/h1-12H,13-15H2. The Morgan fingerprint density at radius 1 is 0.806 bits per heavy atom. The minimum absolute atomic E-state index is 0.268. The van der Waals surface area contributed by atoms with Gasteiger partial charge in [0.25, 0.3) is 11.8 Å². The lowest BCUT2D eigenvalue weighted by Crippen LogP contribution is -2.37. The highest BCUT2D eigenvalue weighted by Gasteiger charge is 2.43. The maximum atomic E-state index is 13.6. The van der Waals surface area contributed by atoms with Crippen molar-refractivity contribution in [3.8, 4) is 0 Å². The van der Waals surface area contributed by atoms with Crippen LogP contribution in [0.4, 0.5) is 10.1 Å². The van der Waals surface area contributed by atoms with Crippen LogP contribution in [0.5, 0.6) is 0 Å². The van der Waals surface area contributed by atoms with Gasteiger partial charge in [0.15, 0.2) is 0 Å². The van der Waals surface area contributed by atoms with Gasteiger partial charge in [0, 0.05) is 13.1 Å². The quantitative estimate of drug-likeness (QED) is 0.557. The van der Waals surface area contributed by atoms with E-state index in [-0.39, 0.29) is 5.57 Å². The lowest BCUT2D eigenvalue weighted by molar-refractivity contribution is -0.120. The molecule has 6 heteroatoms. The van der Waals surface area contributed by atoms with Gasteiger partial charge in [0.1, 0.15) is 11.5 Å². The van der Waals surface area contributed by atoms with Crippen molar-refractivity contribution in [1.29, 1.82) is 0 Å². The van der Waals surface area contributed by atoms with Gasteiger partial charge in [-0.3, -0.25) is 9.59 Å². The molecule has 2 aliphatic heterocycles. The summed E-state index contributed by atoms with van der Waals surface area (Å²) in [5.41, 5.74) is 3.79. The molecule has 0 fully saturated rings. The van der Waals surface area contributed by atoms with Gasteiger partial charge in [0.2, 0.25) is 0 Å². The molecule has 154 valence electrons. The molecule has 2 aliphatic rings. The maximum absolute atomic E-state index is 13.6. The number of halogens is 2. The summed E-state index contributed by atoms with van der Waals surface area (Å²) in [5, 5.41) is 0.313. The molecule has 2 amide bonds. The lowest BCUT2D eigenvalue weighted by Gasteiger charge is -2.31. The van der Waals surface area contributed by atoms with Gasteiger partial charge >= 0.3 is 0 Å². The first-order valence-corrected chi connectivity index (χ1v) is 10.4. The van der Waals surface area contributed by atoms with Crippen LogP contribution in [-0.4, -0.2) is 23.3 Å². The molecule has 0 radical (unpaired) electrons. The molecule has 2 heterocycles. The first-order chi connectivity index (χ1) is 15.0. The monoisotopic (exact) mass is 432 g/mol. The van der Waals surface area contributed by atoms with Gasteiger partial charge in [-0.25, -0.2) is 9.29 Å². The molecule has 5 rings (SSSR count). The van der Waals surface area contributed by atoms with Crippen molar-refractivity contribution < 1.29 is 14.0 Å². The fourth-order valence-corrected chi connectivity index (χ4v) is 4.45. The normalized spacial score (nSPS) is 16.2. The van der Waals surface area contributed by atoms with Crippen molar-refractivity contribution in [1.82, 2.24) is 4.90 Å². The molecule has 0 unspecified atom stereocenters. The van der Waals surface area contributed by atoms with E-state index in [1.54, 1.807) is 24.3 Å². The van der Waals surface area contributed by atoms with Gasteiger partial charge in [0.05, 0.1) is 16.3 Å². The number of anilines is 1. The van der Waals surface area contributed by atoms with Crippen molar-refractivity contribution in [2.24, 2.45) is 0 Å². The van der Waals surface area contributed by atoms with Crippen molar-refractivity contribution in [2.75, 3.05) is 11.4 Å². The SMILES string of the molecule is O=C1C(c2ccc(F)cc2)=C(N2CCc3ccccc3C2)C(=O)N1c1ccccc1Cl. The van der Waals surface area contributed by atoms with E-state index in [1.165, 1.54) is 29.8 Å². The number of carbonyl (C=O) groups is 2. The van der Waals surface area contributed by atoms with Crippen LogP contribution in [0.2, 0.25) is 5.02 Å². The fourth-order valence-electron chi connectivity index (χ4n) is 4.23. The van der Waals surface area contributed by atoms with Gasteiger partial charge in [-0.05, 0) is 47.4 Å². The molecule has 0 saturated carbocycles. The highest BCUT2D eigenvalue weighted by molar-refractivity contribution is 6.47. The molecule has 31 heavy (non-hydrogen) atoms. The van der Waals surface area contributed by atoms with Crippen LogP contribution < -0.4 is 4.90 Å². The van der Waals surface area contributed by atoms with Crippen molar-refractivity contribution in [2.45, 2.75) is 13.0 Å². The topological polar surface area (TPSA) is 40.6 Å². The van der Waals surface area contributed by atoms with E-state index in [0.29, 0.717) is 35.1 Å². The van der Waals surface area contributed by atoms with E-state index in [1.807, 2.05) is 23.1 Å². The molecule has 0 spiro atoms. The molecule has 0 bridgehead atoms. The number of hydrogen-bond acceptors (Lipinski definition) is 3. The van der Waals surface area contributed by atoms with E-state index >= 15 is 0 Å². The average Bonchev–Trinajstić information content (AvgIpc) is 3.04. The molecule has 0 aliphatic carbocycles. The third kappa shape index (κ3) is 3.31. The highest BCUT2D eigenvalue weighted by atomic mass is 35.5. The second-order valence-corrected chi connectivity index (χ2v) is 7.98. The van der Waals surface area contributed by atoms with E-state index in [9.17, 15) is 14.0 Å². The second kappa shape index (κ2) is 7.67. The molecule has 0 aromatic heterocycles. The summed E-state index contributed by atoms with van der Waals surface area (Å²) in [7, 11) is 0. The van der Waals surface area contributed by atoms with Gasteiger partial charge < -0.3 is 4.90 Å². The third-order valence-electron chi connectivity index (χ3n) is 5.73. The Hall–Kier alpha value is -3.44. The van der Waals surface area contributed by atoms with Crippen LogP contribution in [0.1, 0.15) is 16.7 Å². The number of hydrogen-bond donors (Lipinski definition) is 0. The molecule has 0 atom stereocenters. The molecule has 0 saturated heterocycles. The van der Waals surface area contributed by atoms with Crippen LogP contribution in [0, 0.1) is 5.82 Å². The molecule has 3 aromatic rings. The zero-order chi connectivity index (χ0) is 21.5. The number of para-hydroxylation sites is 1. The summed E-state index contributed by atoms with van der Waals surface area (Å²) >= 11 is 6.32. The van der Waals surface area contributed by atoms with E-state index in [4.69, 9.17) is 11.6 Å². The Morgan fingerprint density at radius 2 is 1.48 bits per heavy atom. The van der Waals surface area contributed by atoms with Crippen LogP contribution in [0.25, 0.3) is 5.57 Å². The number of benzene rings is 3. The Kier molecular flexibility index (Phi) is 4.83. The van der Waals surface area contributed by atoms with Crippen molar-refractivity contribution in [3.63, 3.8) is 0 Å². The summed E-state index contributed by atoms with van der Waals surface area (Å²) in [6.45, 7) is 1.12. The predicted molar refractivity (Wildman–Crippen MR) is 118 cm³/mol. The smallest absolute Gasteiger partial charge is 0.282 e. The molecular weight excluding hydrogens is 415 g/mol. The lowest BCUT2D eigenvalue weighted by atomic mass is 9.98. The van der Waals surface area contributed by atoms with E-state index in [0.717, 1.165) is 16.9 Å². The van der Waals surface area contributed by atoms with Crippen LogP contribution in [0.15, 0.2) is 78.5 Å². The maximum Gasteiger partial charge on any atom is 0.282 e. The average molecular weight is 433 g/mol. The highest BCUT2D eigenvalue weighted by Crippen LogP contribution is 2.38. The zero-order valence-corrected chi connectivity index (χ0v) is 17.3. The number of rotatable bonds is 3. The fraction of sp³-hybridized carbons (Fsp3) is 0.120. The van der Waals surface area contributed by atoms with Crippen LogP contribution in [-0.2, 0) is 22.6 Å². The van der Waals surface area contributed by atoms with Crippen molar-refractivity contribution >= 4 is 34.7 Å². The van der Waals surface area contributed by atoms with Crippen LogP contribution in [0.3, 0.4) is 0 Å².